The summed E-state index contributed by atoms with van der Waals surface area (Å²) >= 11 is 0. The highest BCUT2D eigenvalue weighted by atomic mass is 28.4. The van der Waals surface area contributed by atoms with Gasteiger partial charge in [0.15, 0.2) is 0 Å². The fraction of sp³-hybridized carbons (Fsp3) is 0.650. The number of carbonyl (C=O) groups excluding carboxylic acids is 1. The first-order chi connectivity index (χ1) is 13.0. The first-order valence-corrected chi connectivity index (χ1v) is 11.4. The molecule has 0 N–H and O–H groups in total. The van der Waals surface area contributed by atoms with Gasteiger partial charge in [-0.05, 0) is 44.9 Å². The smallest absolute Gasteiger partial charge is 0.497 e. The van der Waals surface area contributed by atoms with Crippen LogP contribution in [0.15, 0.2) is 24.3 Å². The number of methoxy groups -OCH3 is 1. The lowest BCUT2D eigenvalue weighted by molar-refractivity contribution is -0.129. The van der Waals surface area contributed by atoms with Crippen LogP contribution in [0.25, 0.3) is 0 Å². The van der Waals surface area contributed by atoms with E-state index in [0.29, 0.717) is 32.7 Å². The zero-order chi connectivity index (χ0) is 20.3. The third-order valence-electron chi connectivity index (χ3n) is 4.25. The summed E-state index contributed by atoms with van der Waals surface area (Å²) in [7, 11) is -1.76. The minimum absolute atomic E-state index is 0.144. The summed E-state index contributed by atoms with van der Waals surface area (Å²) in [4.78, 5) is 12.6. The largest absolute Gasteiger partial charge is 0.680 e. The molecule has 0 unspecified atom stereocenters. The number of hydrogen-bond donors (Lipinski definition) is 0. The van der Waals surface area contributed by atoms with Crippen molar-refractivity contribution in [2.24, 2.45) is 5.92 Å². The Balaban J connectivity index is 3.33. The Labute approximate surface area is 164 Å². The topological polar surface area (TPSA) is 63.2 Å². The van der Waals surface area contributed by atoms with Gasteiger partial charge in [0.2, 0.25) is 0 Å². The van der Waals surface area contributed by atoms with Crippen LogP contribution in [-0.4, -0.2) is 41.8 Å². The van der Waals surface area contributed by atoms with Gasteiger partial charge in [0.25, 0.3) is 0 Å². The summed E-state index contributed by atoms with van der Waals surface area (Å²) in [6, 6.07) is 7.55. The highest BCUT2D eigenvalue weighted by molar-refractivity contribution is 6.53. The van der Waals surface area contributed by atoms with Crippen LogP contribution in [0.2, 0.25) is 0 Å². The molecule has 0 aliphatic rings. The number of ketones is 1. The van der Waals surface area contributed by atoms with Crippen molar-refractivity contribution in [2.75, 3.05) is 26.9 Å². The Morgan fingerprint density at radius 3 is 1.81 bits per heavy atom. The molecule has 154 valence electrons. The Bertz CT molecular complexity index is 531. The lowest BCUT2D eigenvalue weighted by atomic mass is 9.89. The monoisotopic (exact) mass is 398 g/mol. The van der Waals surface area contributed by atoms with E-state index >= 15 is 0 Å². The van der Waals surface area contributed by atoms with Gasteiger partial charge in [0.05, 0.1) is 13.2 Å². The van der Waals surface area contributed by atoms with E-state index in [9.17, 15) is 4.79 Å². The number of rotatable bonds is 14. The molecule has 0 bridgehead atoms. The number of hydrogen-bond acceptors (Lipinski definition) is 6. The van der Waals surface area contributed by atoms with Gasteiger partial charge in [-0.25, -0.2) is 0 Å². The van der Waals surface area contributed by atoms with Gasteiger partial charge in [-0.15, -0.1) is 0 Å². The minimum Gasteiger partial charge on any atom is -0.497 e. The maximum absolute atomic E-state index is 12.6. The molecule has 1 aromatic rings. The molecule has 27 heavy (non-hydrogen) atoms. The molecule has 0 aliphatic heterocycles. The summed E-state index contributed by atoms with van der Waals surface area (Å²) in [5.41, 5.74) is 0.875. The number of benzene rings is 1. The van der Waals surface area contributed by atoms with E-state index in [4.69, 9.17) is 22.4 Å². The summed E-state index contributed by atoms with van der Waals surface area (Å²) < 4.78 is 29.2. The Morgan fingerprint density at radius 1 is 0.926 bits per heavy atom. The Hall–Kier alpha value is -1.25. The van der Waals surface area contributed by atoms with E-state index in [-0.39, 0.29) is 11.7 Å². The molecule has 0 radical (unpaired) electrons. The molecule has 6 nitrogen and oxygen atoms in total. The maximum atomic E-state index is 12.6. The van der Waals surface area contributed by atoms with E-state index in [1.807, 2.05) is 58.9 Å². The maximum Gasteiger partial charge on any atom is 0.680 e. The van der Waals surface area contributed by atoms with Crippen LogP contribution in [-0.2, 0) is 22.5 Å². The standard InChI is InChI=1S/C20H34O6Si/c1-7-18(19(21)8-2)20(16-12-14-17(22-6)15-13-16)26-27(23-9-3,24-10-4)25-11-5/h12-15,18,20H,7-11H2,1-6H3/t18-,20-/m1/s1. The SMILES string of the molecule is CCO[Si](OCC)(OCC)O[C@H](c1ccc(OC)cc1)[C@H](CC)C(=O)CC. The third-order valence-corrected chi connectivity index (χ3v) is 6.72. The second-order valence-electron chi connectivity index (χ2n) is 5.95. The second kappa shape index (κ2) is 12.3. The number of carbonyl (C=O) groups is 1. The van der Waals surface area contributed by atoms with Crippen molar-refractivity contribution in [3.8, 4) is 5.75 Å². The predicted molar refractivity (Wildman–Crippen MR) is 107 cm³/mol. The summed E-state index contributed by atoms with van der Waals surface area (Å²) in [5.74, 6) is 0.581. The van der Waals surface area contributed by atoms with Crippen LogP contribution in [0.3, 0.4) is 0 Å². The van der Waals surface area contributed by atoms with E-state index in [1.165, 1.54) is 0 Å². The zero-order valence-electron chi connectivity index (χ0n) is 17.4. The van der Waals surface area contributed by atoms with Crippen molar-refractivity contribution >= 4 is 14.8 Å². The molecule has 2 atom stereocenters. The molecule has 0 amide bonds. The molecular weight excluding hydrogens is 364 g/mol. The average molecular weight is 399 g/mol. The first kappa shape index (κ1) is 23.8. The molecule has 1 rings (SSSR count). The van der Waals surface area contributed by atoms with Crippen LogP contribution in [0, 0.1) is 5.92 Å². The minimum atomic E-state index is -3.38. The van der Waals surface area contributed by atoms with Crippen molar-refractivity contribution in [1.29, 1.82) is 0 Å². The van der Waals surface area contributed by atoms with Gasteiger partial charge in [0.1, 0.15) is 11.5 Å². The Kier molecular flexibility index (Phi) is 10.8. The molecular formula is C20H34O6Si. The van der Waals surface area contributed by atoms with Crippen molar-refractivity contribution in [3.05, 3.63) is 29.8 Å². The van der Waals surface area contributed by atoms with Crippen LogP contribution >= 0.6 is 0 Å². The summed E-state index contributed by atoms with van der Waals surface area (Å²) in [6.45, 7) is 10.7. The second-order valence-corrected chi connectivity index (χ2v) is 8.05. The third kappa shape index (κ3) is 6.69. The van der Waals surface area contributed by atoms with E-state index in [0.717, 1.165) is 11.3 Å². The lowest BCUT2D eigenvalue weighted by Crippen LogP contribution is -2.51. The Morgan fingerprint density at radius 2 is 1.44 bits per heavy atom. The normalized spacial score (nSPS) is 14.0. The van der Waals surface area contributed by atoms with Gasteiger partial charge >= 0.3 is 9.05 Å². The van der Waals surface area contributed by atoms with Crippen molar-refractivity contribution in [3.63, 3.8) is 0 Å². The van der Waals surface area contributed by atoms with E-state index in [1.54, 1.807) is 7.11 Å². The van der Waals surface area contributed by atoms with Gasteiger partial charge in [0, 0.05) is 32.2 Å². The predicted octanol–water partition coefficient (Wildman–Crippen LogP) is 4.30. The fourth-order valence-corrected chi connectivity index (χ4v) is 5.09. The van der Waals surface area contributed by atoms with Crippen LogP contribution in [0.1, 0.15) is 59.1 Å². The highest BCUT2D eigenvalue weighted by Gasteiger charge is 2.49. The molecule has 0 spiro atoms. The zero-order valence-corrected chi connectivity index (χ0v) is 18.4. The van der Waals surface area contributed by atoms with Crippen molar-refractivity contribution in [2.45, 2.75) is 53.6 Å². The van der Waals surface area contributed by atoms with Crippen LogP contribution < -0.4 is 4.74 Å². The molecule has 0 aromatic heterocycles. The van der Waals surface area contributed by atoms with Crippen molar-refractivity contribution in [1.82, 2.24) is 0 Å². The quantitative estimate of drug-likeness (QED) is 0.435. The lowest BCUT2D eigenvalue weighted by Gasteiger charge is -2.34. The molecule has 0 saturated heterocycles. The molecule has 0 saturated carbocycles. The fourth-order valence-electron chi connectivity index (χ4n) is 2.96. The number of Topliss-reactive ketones (excluding diaryl/α,β-unsaturated/α-hetero) is 1. The molecule has 0 heterocycles. The van der Waals surface area contributed by atoms with Gasteiger partial charge in [-0.1, -0.05) is 26.0 Å². The van der Waals surface area contributed by atoms with Gasteiger partial charge in [-0.3, -0.25) is 4.79 Å². The van der Waals surface area contributed by atoms with E-state index in [2.05, 4.69) is 0 Å². The summed E-state index contributed by atoms with van der Waals surface area (Å²) in [5, 5.41) is 0. The molecule has 1 aromatic carbocycles. The summed E-state index contributed by atoms with van der Waals surface area (Å²) in [6.07, 6.45) is 0.587. The van der Waals surface area contributed by atoms with Gasteiger partial charge < -0.3 is 22.4 Å². The molecule has 0 aliphatic carbocycles. The first-order valence-electron chi connectivity index (χ1n) is 9.76. The molecule has 7 heteroatoms. The van der Waals surface area contributed by atoms with Gasteiger partial charge in [-0.2, -0.15) is 0 Å². The van der Waals surface area contributed by atoms with E-state index < -0.39 is 15.2 Å². The molecule has 0 fully saturated rings. The number of ether oxygens (including phenoxy) is 1. The van der Waals surface area contributed by atoms with Crippen LogP contribution in [0.4, 0.5) is 0 Å². The van der Waals surface area contributed by atoms with Crippen molar-refractivity contribution < 1.29 is 27.2 Å². The van der Waals surface area contributed by atoms with Crippen LogP contribution in [0.5, 0.6) is 5.75 Å². The highest BCUT2D eigenvalue weighted by Crippen LogP contribution is 2.35. The average Bonchev–Trinajstić information content (AvgIpc) is 2.68.